The van der Waals surface area contributed by atoms with Gasteiger partial charge in [0.2, 0.25) is 0 Å². The molecule has 12 heavy (non-hydrogen) atoms. The van der Waals surface area contributed by atoms with Crippen molar-refractivity contribution in [3.63, 3.8) is 0 Å². The van der Waals surface area contributed by atoms with Crippen LogP contribution in [0.25, 0.3) is 0 Å². The van der Waals surface area contributed by atoms with Crippen LogP contribution in [0.3, 0.4) is 0 Å². The molecule has 0 atom stereocenters. The van der Waals surface area contributed by atoms with Crippen molar-refractivity contribution < 1.29 is 4.74 Å². The number of likely N-dealkylation sites (N-methyl/N-ethyl adjacent to an activating group) is 1. The third-order valence-electron chi connectivity index (χ3n) is 2.43. The van der Waals surface area contributed by atoms with Crippen LogP contribution in [-0.2, 0) is 4.74 Å². The highest BCUT2D eigenvalue weighted by Gasteiger charge is 2.27. The summed E-state index contributed by atoms with van der Waals surface area (Å²) in [5.74, 6) is 0.913. The van der Waals surface area contributed by atoms with Crippen LogP contribution < -0.4 is 0 Å². The lowest BCUT2D eigenvalue weighted by Gasteiger charge is -2.34. The number of nitrogens with zero attached hydrogens (tertiary/aromatic N) is 1. The number of halogens is 1. The summed E-state index contributed by atoms with van der Waals surface area (Å²) in [5.41, 5.74) is 0. The molecule has 1 fully saturated rings. The van der Waals surface area contributed by atoms with Crippen molar-refractivity contribution in [2.24, 2.45) is 5.92 Å². The van der Waals surface area contributed by atoms with Crippen molar-refractivity contribution in [1.82, 2.24) is 4.90 Å². The fraction of sp³-hybridized carbons (Fsp3) is 1.00. The first-order valence-corrected chi connectivity index (χ1v) is 5.45. The molecule has 0 aromatic rings. The van der Waals surface area contributed by atoms with Crippen LogP contribution in [-0.4, -0.2) is 43.6 Å². The second-order valence-electron chi connectivity index (χ2n) is 3.69. The Labute approximate surface area is 83.4 Å². The van der Waals surface area contributed by atoms with Crippen molar-refractivity contribution in [3.8, 4) is 0 Å². The Balaban J connectivity index is 1.98. The Kier molecular flexibility index (Phi) is 4.54. The number of hydrogen-bond donors (Lipinski definition) is 0. The fourth-order valence-electron chi connectivity index (χ4n) is 1.58. The molecule has 0 bridgehead atoms. The summed E-state index contributed by atoms with van der Waals surface area (Å²) in [4.78, 5) is 3.14. The minimum Gasteiger partial charge on any atom is -0.383 e. The van der Waals surface area contributed by atoms with Crippen LogP contribution in [0.5, 0.6) is 0 Å². The lowest BCUT2D eigenvalue weighted by atomic mass is 9.85. The molecule has 1 rings (SSSR count). The average Bonchev–Trinajstić information content (AvgIpc) is 1.98. The predicted molar refractivity (Wildman–Crippen MR) is 54.8 cm³/mol. The Morgan fingerprint density at radius 1 is 1.50 bits per heavy atom. The maximum Gasteiger partial charge on any atom is 0.0589 e. The van der Waals surface area contributed by atoms with Crippen LogP contribution in [0.2, 0.25) is 0 Å². The highest BCUT2D eigenvalue weighted by atomic mass is 79.9. The monoisotopic (exact) mass is 235 g/mol. The van der Waals surface area contributed by atoms with Gasteiger partial charge in [0.1, 0.15) is 0 Å². The Morgan fingerprint density at radius 3 is 2.67 bits per heavy atom. The van der Waals surface area contributed by atoms with Gasteiger partial charge in [-0.2, -0.15) is 0 Å². The molecule has 0 spiro atoms. The SMILES string of the molecule is COCCN(C)CC1CC(Br)C1. The van der Waals surface area contributed by atoms with E-state index in [2.05, 4.69) is 27.9 Å². The van der Waals surface area contributed by atoms with Crippen molar-refractivity contribution >= 4 is 15.9 Å². The summed E-state index contributed by atoms with van der Waals surface area (Å²) in [6.07, 6.45) is 2.69. The molecular formula is C9H18BrNO. The zero-order chi connectivity index (χ0) is 8.97. The number of alkyl halides is 1. The van der Waals surface area contributed by atoms with Crippen LogP contribution in [0.15, 0.2) is 0 Å². The van der Waals surface area contributed by atoms with Gasteiger partial charge in [-0.1, -0.05) is 15.9 Å². The Morgan fingerprint density at radius 2 is 2.17 bits per heavy atom. The van der Waals surface area contributed by atoms with E-state index in [0.29, 0.717) is 0 Å². The van der Waals surface area contributed by atoms with Crippen molar-refractivity contribution in [1.29, 1.82) is 0 Å². The third-order valence-corrected chi connectivity index (χ3v) is 3.17. The van der Waals surface area contributed by atoms with E-state index in [4.69, 9.17) is 4.74 Å². The summed E-state index contributed by atoms with van der Waals surface area (Å²) in [5, 5.41) is 0. The molecule has 0 aromatic carbocycles. The Hall–Kier alpha value is 0.400. The maximum absolute atomic E-state index is 5.02. The summed E-state index contributed by atoms with van der Waals surface area (Å²) >= 11 is 3.60. The van der Waals surface area contributed by atoms with Crippen LogP contribution in [0.1, 0.15) is 12.8 Å². The molecule has 2 nitrogen and oxygen atoms in total. The highest BCUT2D eigenvalue weighted by Crippen LogP contribution is 2.33. The van der Waals surface area contributed by atoms with Gasteiger partial charge in [-0.25, -0.2) is 0 Å². The van der Waals surface area contributed by atoms with Gasteiger partial charge in [0.05, 0.1) is 6.61 Å². The lowest BCUT2D eigenvalue weighted by molar-refractivity contribution is 0.140. The highest BCUT2D eigenvalue weighted by molar-refractivity contribution is 9.09. The van der Waals surface area contributed by atoms with E-state index in [0.717, 1.165) is 23.9 Å². The summed E-state index contributed by atoms with van der Waals surface area (Å²) < 4.78 is 5.02. The van der Waals surface area contributed by atoms with E-state index in [9.17, 15) is 0 Å². The molecule has 1 aliphatic carbocycles. The summed E-state index contributed by atoms with van der Waals surface area (Å²) in [6.45, 7) is 3.13. The molecule has 0 radical (unpaired) electrons. The predicted octanol–water partition coefficient (Wildman–Crippen LogP) is 1.74. The first kappa shape index (κ1) is 10.5. The average molecular weight is 236 g/mol. The molecule has 0 amide bonds. The largest absolute Gasteiger partial charge is 0.383 e. The van der Waals surface area contributed by atoms with Gasteiger partial charge >= 0.3 is 0 Å². The molecule has 0 unspecified atom stereocenters. The van der Waals surface area contributed by atoms with E-state index in [1.54, 1.807) is 7.11 Å². The zero-order valence-electron chi connectivity index (χ0n) is 7.92. The van der Waals surface area contributed by atoms with Crippen molar-refractivity contribution in [3.05, 3.63) is 0 Å². The number of ether oxygens (including phenoxy) is 1. The molecule has 1 aliphatic rings. The topological polar surface area (TPSA) is 12.5 Å². The van der Waals surface area contributed by atoms with Gasteiger partial charge in [0.15, 0.2) is 0 Å². The van der Waals surface area contributed by atoms with Gasteiger partial charge < -0.3 is 9.64 Å². The second kappa shape index (κ2) is 5.20. The molecule has 0 aliphatic heterocycles. The normalized spacial score (nSPS) is 29.0. The zero-order valence-corrected chi connectivity index (χ0v) is 9.51. The minimum absolute atomic E-state index is 0.790. The molecule has 0 heterocycles. The molecule has 1 saturated carbocycles. The van der Waals surface area contributed by atoms with Gasteiger partial charge in [-0.15, -0.1) is 0 Å². The van der Waals surface area contributed by atoms with Crippen LogP contribution >= 0.6 is 15.9 Å². The number of methoxy groups -OCH3 is 1. The Bertz CT molecular complexity index is 126. The molecule has 72 valence electrons. The minimum atomic E-state index is 0.790. The molecular weight excluding hydrogens is 218 g/mol. The van der Waals surface area contributed by atoms with Crippen molar-refractivity contribution in [2.45, 2.75) is 17.7 Å². The lowest BCUT2D eigenvalue weighted by Crippen LogP contribution is -2.35. The van der Waals surface area contributed by atoms with E-state index < -0.39 is 0 Å². The van der Waals surface area contributed by atoms with Crippen LogP contribution in [0, 0.1) is 5.92 Å². The summed E-state index contributed by atoms with van der Waals surface area (Å²) in [7, 11) is 3.92. The molecule has 3 heteroatoms. The summed E-state index contributed by atoms with van der Waals surface area (Å²) in [6, 6.07) is 0. The quantitative estimate of drug-likeness (QED) is 0.674. The molecule has 0 saturated heterocycles. The standard InChI is InChI=1S/C9H18BrNO/c1-11(3-4-12-2)7-8-5-9(10)6-8/h8-9H,3-7H2,1-2H3. The first-order valence-electron chi connectivity index (χ1n) is 4.54. The third kappa shape index (κ3) is 3.42. The number of hydrogen-bond acceptors (Lipinski definition) is 2. The second-order valence-corrected chi connectivity index (χ2v) is 4.98. The number of rotatable bonds is 5. The first-order chi connectivity index (χ1) is 5.72. The van der Waals surface area contributed by atoms with E-state index >= 15 is 0 Å². The van der Waals surface area contributed by atoms with Gasteiger partial charge in [0, 0.05) is 25.0 Å². The van der Waals surface area contributed by atoms with Crippen molar-refractivity contribution in [2.75, 3.05) is 33.9 Å². The van der Waals surface area contributed by atoms with E-state index in [1.807, 2.05) is 0 Å². The maximum atomic E-state index is 5.02. The van der Waals surface area contributed by atoms with Gasteiger partial charge in [0.25, 0.3) is 0 Å². The van der Waals surface area contributed by atoms with Gasteiger partial charge in [-0.05, 0) is 25.8 Å². The van der Waals surface area contributed by atoms with E-state index in [-0.39, 0.29) is 0 Å². The van der Waals surface area contributed by atoms with Gasteiger partial charge in [-0.3, -0.25) is 0 Å². The molecule has 0 N–H and O–H groups in total. The fourth-order valence-corrected chi connectivity index (χ4v) is 2.64. The smallest absolute Gasteiger partial charge is 0.0589 e. The van der Waals surface area contributed by atoms with E-state index in [1.165, 1.54) is 19.4 Å². The molecule has 0 aromatic heterocycles. The van der Waals surface area contributed by atoms with Crippen LogP contribution in [0.4, 0.5) is 0 Å².